The minimum Gasteiger partial charge on any atom is -0.317 e. The molecule has 0 aliphatic rings. The zero-order valence-corrected chi connectivity index (χ0v) is 12.9. The Balaban J connectivity index is 4.26. The second-order valence-electron chi connectivity index (χ2n) is 5.77. The highest BCUT2D eigenvalue weighted by atomic mass is 16.7. The van der Waals surface area contributed by atoms with Crippen LogP contribution in [-0.4, -0.2) is 44.5 Å². The molecular formula is C14H33N2O+. The summed E-state index contributed by atoms with van der Waals surface area (Å²) in [4.78, 5) is 6.12. The van der Waals surface area contributed by atoms with Crippen molar-refractivity contribution in [1.82, 2.24) is 5.32 Å². The zero-order chi connectivity index (χ0) is 13.5. The molecule has 0 aromatic carbocycles. The normalized spacial score (nSPS) is 17.8. The van der Waals surface area contributed by atoms with Gasteiger partial charge in [0.15, 0.2) is 0 Å². The molecule has 0 radical (unpaired) electrons. The lowest BCUT2D eigenvalue weighted by molar-refractivity contribution is -1.10. The van der Waals surface area contributed by atoms with Crippen molar-refractivity contribution >= 4 is 0 Å². The highest BCUT2D eigenvalue weighted by molar-refractivity contribution is 4.60. The quantitative estimate of drug-likeness (QED) is 0.498. The smallest absolute Gasteiger partial charge is 0.126 e. The van der Waals surface area contributed by atoms with Crippen molar-refractivity contribution in [1.29, 1.82) is 0 Å². The van der Waals surface area contributed by atoms with E-state index in [1.165, 1.54) is 19.3 Å². The monoisotopic (exact) mass is 245 g/mol. The van der Waals surface area contributed by atoms with E-state index in [1.807, 2.05) is 7.05 Å². The molecule has 0 aromatic heterocycles. The van der Waals surface area contributed by atoms with E-state index in [4.69, 9.17) is 4.84 Å². The summed E-state index contributed by atoms with van der Waals surface area (Å²) in [7, 11) is 6.30. The predicted octanol–water partition coefficient (Wildman–Crippen LogP) is 2.82. The highest BCUT2D eigenvalue weighted by Crippen LogP contribution is 2.22. The first kappa shape index (κ1) is 16.9. The Morgan fingerprint density at radius 2 is 1.76 bits per heavy atom. The van der Waals surface area contributed by atoms with E-state index in [9.17, 15) is 0 Å². The van der Waals surface area contributed by atoms with Gasteiger partial charge in [0.2, 0.25) is 0 Å². The average Bonchev–Trinajstić information content (AvgIpc) is 2.24. The largest absolute Gasteiger partial charge is 0.317 e. The highest BCUT2D eigenvalue weighted by Gasteiger charge is 2.32. The number of nitrogens with zero attached hydrogens (tertiary/aromatic N) is 1. The van der Waals surface area contributed by atoms with Crippen LogP contribution in [0.3, 0.4) is 0 Å². The molecule has 0 bridgehead atoms. The van der Waals surface area contributed by atoms with Gasteiger partial charge in [0, 0.05) is 12.5 Å². The summed E-state index contributed by atoms with van der Waals surface area (Å²) < 4.78 is 0.647. The summed E-state index contributed by atoms with van der Waals surface area (Å²) in [6.07, 6.45) is 4.14. The van der Waals surface area contributed by atoms with Crippen LogP contribution in [0.4, 0.5) is 0 Å². The molecule has 0 aliphatic heterocycles. The fraction of sp³-hybridized carbons (Fsp3) is 1.00. The maximum absolute atomic E-state index is 6.12. The first-order chi connectivity index (χ1) is 7.85. The standard InChI is InChI=1S/C14H33N2O/c1-8-9-10-12(2)14(4)16(6,7)17-13(3)11-15-5/h12-15H,8-11H2,1-7H3/q+1/t12?,13-,14?/m1/s1. The Morgan fingerprint density at radius 1 is 1.18 bits per heavy atom. The van der Waals surface area contributed by atoms with Crippen molar-refractivity contribution in [3.63, 3.8) is 0 Å². The van der Waals surface area contributed by atoms with Crippen molar-refractivity contribution in [3.8, 4) is 0 Å². The second kappa shape index (κ2) is 8.06. The van der Waals surface area contributed by atoms with E-state index in [1.54, 1.807) is 0 Å². The minimum atomic E-state index is 0.246. The summed E-state index contributed by atoms with van der Waals surface area (Å²) in [6.45, 7) is 9.92. The SMILES string of the molecule is CCCCC(C)C(C)[N+](C)(C)O[C@H](C)CNC. The first-order valence-electron chi connectivity index (χ1n) is 7.01. The molecule has 2 unspecified atom stereocenters. The summed E-state index contributed by atoms with van der Waals surface area (Å²) in [5.41, 5.74) is 0. The van der Waals surface area contributed by atoms with E-state index in [0.717, 1.165) is 6.54 Å². The summed E-state index contributed by atoms with van der Waals surface area (Å²) >= 11 is 0. The van der Waals surface area contributed by atoms with Crippen LogP contribution >= 0.6 is 0 Å². The molecule has 3 atom stereocenters. The molecule has 104 valence electrons. The fourth-order valence-electron chi connectivity index (χ4n) is 2.26. The van der Waals surface area contributed by atoms with Crippen LogP contribution in [0.25, 0.3) is 0 Å². The Morgan fingerprint density at radius 3 is 2.24 bits per heavy atom. The summed E-state index contributed by atoms with van der Waals surface area (Å²) in [6, 6.07) is 0.529. The molecule has 0 saturated carbocycles. The molecule has 1 N–H and O–H groups in total. The van der Waals surface area contributed by atoms with Gasteiger partial charge in [-0.25, -0.2) is 0 Å². The third-order valence-corrected chi connectivity index (χ3v) is 3.76. The van der Waals surface area contributed by atoms with Crippen LogP contribution < -0.4 is 5.32 Å². The van der Waals surface area contributed by atoms with Gasteiger partial charge in [0.05, 0.1) is 14.1 Å². The zero-order valence-electron chi connectivity index (χ0n) is 12.9. The number of hydrogen-bond acceptors (Lipinski definition) is 2. The average molecular weight is 245 g/mol. The molecule has 0 amide bonds. The fourth-order valence-corrected chi connectivity index (χ4v) is 2.26. The molecule has 17 heavy (non-hydrogen) atoms. The van der Waals surface area contributed by atoms with Crippen molar-refractivity contribution in [2.24, 2.45) is 5.92 Å². The lowest BCUT2D eigenvalue weighted by Gasteiger charge is -2.38. The Hall–Kier alpha value is -0.120. The molecule has 0 saturated heterocycles. The van der Waals surface area contributed by atoms with E-state index in [-0.39, 0.29) is 6.10 Å². The first-order valence-corrected chi connectivity index (χ1v) is 7.01. The predicted molar refractivity (Wildman–Crippen MR) is 74.7 cm³/mol. The molecule has 0 rings (SSSR count). The third-order valence-electron chi connectivity index (χ3n) is 3.76. The lowest BCUT2D eigenvalue weighted by Crippen LogP contribution is -2.52. The molecule has 0 fully saturated rings. The number of rotatable bonds is 9. The van der Waals surface area contributed by atoms with E-state index in [2.05, 4.69) is 47.1 Å². The maximum atomic E-state index is 6.12. The summed E-state index contributed by atoms with van der Waals surface area (Å²) in [5.74, 6) is 0.701. The van der Waals surface area contributed by atoms with Gasteiger partial charge in [-0.1, -0.05) is 26.7 Å². The Bertz CT molecular complexity index is 195. The van der Waals surface area contributed by atoms with Crippen LogP contribution in [0.5, 0.6) is 0 Å². The molecule has 0 heterocycles. The van der Waals surface area contributed by atoms with Gasteiger partial charge >= 0.3 is 0 Å². The maximum Gasteiger partial charge on any atom is 0.126 e. The van der Waals surface area contributed by atoms with Crippen LogP contribution in [0, 0.1) is 5.92 Å². The molecule has 3 heteroatoms. The van der Waals surface area contributed by atoms with Gasteiger partial charge in [-0.2, -0.15) is 9.48 Å². The van der Waals surface area contributed by atoms with Crippen molar-refractivity contribution in [3.05, 3.63) is 0 Å². The number of nitrogens with one attached hydrogen (secondary N) is 1. The molecule has 0 aliphatic carbocycles. The van der Waals surface area contributed by atoms with Gasteiger partial charge in [-0.05, 0) is 27.3 Å². The van der Waals surface area contributed by atoms with Crippen LogP contribution in [0.1, 0.15) is 47.0 Å². The number of likely N-dealkylation sites (N-methyl/N-ethyl adjacent to an activating group) is 1. The molecule has 0 aromatic rings. The van der Waals surface area contributed by atoms with Crippen LogP contribution in [0.2, 0.25) is 0 Å². The van der Waals surface area contributed by atoms with Gasteiger partial charge in [-0.15, -0.1) is 0 Å². The van der Waals surface area contributed by atoms with Crippen LogP contribution in [-0.2, 0) is 4.84 Å². The van der Waals surface area contributed by atoms with Gasteiger partial charge in [-0.3, -0.25) is 0 Å². The van der Waals surface area contributed by atoms with Crippen LogP contribution in [0.15, 0.2) is 0 Å². The van der Waals surface area contributed by atoms with Crippen molar-refractivity contribution < 1.29 is 9.48 Å². The van der Waals surface area contributed by atoms with Gasteiger partial charge in [0.25, 0.3) is 0 Å². The minimum absolute atomic E-state index is 0.246. The molecular weight excluding hydrogens is 212 g/mol. The van der Waals surface area contributed by atoms with Gasteiger partial charge < -0.3 is 5.32 Å². The third kappa shape index (κ3) is 6.39. The number of unbranched alkanes of at least 4 members (excludes halogenated alkanes) is 1. The number of hydroxylamine groups is 3. The van der Waals surface area contributed by atoms with E-state index >= 15 is 0 Å². The van der Waals surface area contributed by atoms with Crippen molar-refractivity contribution in [2.45, 2.75) is 59.1 Å². The Labute approximate surface area is 108 Å². The number of hydrogen-bond donors (Lipinski definition) is 1. The molecule has 3 nitrogen and oxygen atoms in total. The Kier molecular flexibility index (Phi) is 8.01. The van der Waals surface area contributed by atoms with E-state index < -0.39 is 0 Å². The van der Waals surface area contributed by atoms with E-state index in [0.29, 0.717) is 16.6 Å². The van der Waals surface area contributed by atoms with Crippen molar-refractivity contribution in [2.75, 3.05) is 27.7 Å². The topological polar surface area (TPSA) is 21.3 Å². The molecule has 0 spiro atoms. The van der Waals surface area contributed by atoms with Gasteiger partial charge in [0.1, 0.15) is 12.1 Å². The summed E-state index contributed by atoms with van der Waals surface area (Å²) in [5, 5.41) is 3.16. The lowest BCUT2D eigenvalue weighted by atomic mass is 9.96. The number of quaternary nitrogens is 1. The second-order valence-corrected chi connectivity index (χ2v) is 5.77.